The summed E-state index contributed by atoms with van der Waals surface area (Å²) in [7, 11) is 0. The fourth-order valence-electron chi connectivity index (χ4n) is 4.09. The zero-order chi connectivity index (χ0) is 14.1. The summed E-state index contributed by atoms with van der Waals surface area (Å²) in [6, 6.07) is 10.8. The first-order valence-electron chi connectivity index (χ1n) is 8.20. The Hall–Kier alpha value is -1.61. The zero-order valence-electron chi connectivity index (χ0n) is 12.5. The second kappa shape index (κ2) is 5.30. The first kappa shape index (κ1) is 13.1. The van der Waals surface area contributed by atoms with Crippen LogP contribution in [0.4, 0.5) is 5.69 Å². The quantitative estimate of drug-likeness (QED) is 0.869. The van der Waals surface area contributed by atoms with E-state index < -0.39 is 0 Å². The first-order valence-corrected chi connectivity index (χ1v) is 8.20. The lowest BCUT2D eigenvalue weighted by Gasteiger charge is -2.47. The minimum atomic E-state index is 0.348. The molecule has 1 saturated carbocycles. The summed E-state index contributed by atoms with van der Waals surface area (Å²) in [6.45, 7) is 3.33. The van der Waals surface area contributed by atoms with Crippen molar-refractivity contribution < 1.29 is 0 Å². The Morgan fingerprint density at radius 1 is 1.05 bits per heavy atom. The first-order chi connectivity index (χ1) is 10.4. The summed E-state index contributed by atoms with van der Waals surface area (Å²) in [5, 5.41) is 5.11. The van der Waals surface area contributed by atoms with E-state index in [9.17, 15) is 0 Å². The van der Waals surface area contributed by atoms with Crippen molar-refractivity contribution >= 4 is 16.6 Å². The maximum atomic E-state index is 4.50. The average molecular weight is 281 g/mol. The Bertz CT molecular complexity index is 620. The van der Waals surface area contributed by atoms with Crippen molar-refractivity contribution in [2.75, 3.05) is 24.5 Å². The standard InChI is InChI=1S/C18H23N3/c1-2-9-18(10-3-1)14-21(13-12-20-18)17-8-4-7-16-15(17)6-5-11-19-16/h4-8,11,20H,1-3,9-10,12-14H2. The van der Waals surface area contributed by atoms with Gasteiger partial charge in [0.05, 0.1) is 5.52 Å². The van der Waals surface area contributed by atoms with Crippen molar-refractivity contribution in [3.8, 4) is 0 Å². The smallest absolute Gasteiger partial charge is 0.0722 e. The van der Waals surface area contributed by atoms with Crippen LogP contribution in [0.15, 0.2) is 36.5 Å². The van der Waals surface area contributed by atoms with Crippen LogP contribution in [-0.2, 0) is 0 Å². The molecule has 21 heavy (non-hydrogen) atoms. The third kappa shape index (κ3) is 2.40. The van der Waals surface area contributed by atoms with Crippen LogP contribution in [0.1, 0.15) is 32.1 Å². The zero-order valence-corrected chi connectivity index (χ0v) is 12.5. The number of benzene rings is 1. The van der Waals surface area contributed by atoms with E-state index in [0.29, 0.717) is 5.54 Å². The third-order valence-electron chi connectivity index (χ3n) is 5.15. The fourth-order valence-corrected chi connectivity index (χ4v) is 4.09. The number of anilines is 1. The molecule has 0 atom stereocenters. The van der Waals surface area contributed by atoms with Crippen LogP contribution in [0.2, 0.25) is 0 Å². The van der Waals surface area contributed by atoms with Gasteiger partial charge in [0.1, 0.15) is 0 Å². The minimum Gasteiger partial charge on any atom is -0.368 e. The minimum absolute atomic E-state index is 0.348. The summed E-state index contributed by atoms with van der Waals surface area (Å²) < 4.78 is 0. The van der Waals surface area contributed by atoms with Gasteiger partial charge in [0.25, 0.3) is 0 Å². The van der Waals surface area contributed by atoms with Gasteiger partial charge >= 0.3 is 0 Å². The molecule has 0 unspecified atom stereocenters. The van der Waals surface area contributed by atoms with E-state index in [2.05, 4.69) is 39.5 Å². The average Bonchev–Trinajstić information content (AvgIpc) is 2.55. The highest BCUT2D eigenvalue weighted by Crippen LogP contribution is 2.34. The largest absolute Gasteiger partial charge is 0.368 e. The van der Waals surface area contributed by atoms with Crippen LogP contribution in [0.5, 0.6) is 0 Å². The third-order valence-corrected chi connectivity index (χ3v) is 5.15. The number of nitrogens with one attached hydrogen (secondary N) is 1. The van der Waals surface area contributed by atoms with Gasteiger partial charge < -0.3 is 10.2 Å². The van der Waals surface area contributed by atoms with Crippen LogP contribution in [-0.4, -0.2) is 30.2 Å². The molecule has 1 aromatic heterocycles. The van der Waals surface area contributed by atoms with Gasteiger partial charge in [0.2, 0.25) is 0 Å². The van der Waals surface area contributed by atoms with Gasteiger partial charge in [-0.15, -0.1) is 0 Å². The molecule has 3 heteroatoms. The normalized spacial score (nSPS) is 21.8. The van der Waals surface area contributed by atoms with E-state index in [1.165, 1.54) is 43.2 Å². The van der Waals surface area contributed by atoms with Gasteiger partial charge in [-0.3, -0.25) is 4.98 Å². The van der Waals surface area contributed by atoms with Gasteiger partial charge in [-0.05, 0) is 37.1 Å². The molecule has 1 saturated heterocycles. The van der Waals surface area contributed by atoms with Gasteiger partial charge in [-0.2, -0.15) is 0 Å². The molecular formula is C18H23N3. The summed E-state index contributed by atoms with van der Waals surface area (Å²) in [6.07, 6.45) is 8.68. The molecule has 110 valence electrons. The molecule has 0 radical (unpaired) electrons. The van der Waals surface area contributed by atoms with Crippen LogP contribution in [0.3, 0.4) is 0 Å². The number of pyridine rings is 1. The summed E-state index contributed by atoms with van der Waals surface area (Å²) in [4.78, 5) is 7.07. The van der Waals surface area contributed by atoms with E-state index in [-0.39, 0.29) is 0 Å². The summed E-state index contributed by atoms with van der Waals surface area (Å²) >= 11 is 0. The number of rotatable bonds is 1. The molecule has 4 rings (SSSR count). The summed E-state index contributed by atoms with van der Waals surface area (Å²) in [5.74, 6) is 0. The lowest BCUT2D eigenvalue weighted by atomic mass is 9.80. The van der Waals surface area contributed by atoms with Gasteiger partial charge in [-0.25, -0.2) is 0 Å². The van der Waals surface area contributed by atoms with Crippen LogP contribution >= 0.6 is 0 Å². The molecule has 2 heterocycles. The van der Waals surface area contributed by atoms with E-state index in [4.69, 9.17) is 0 Å². The predicted octanol–water partition coefficient (Wildman–Crippen LogP) is 3.35. The van der Waals surface area contributed by atoms with Crippen molar-refractivity contribution in [3.63, 3.8) is 0 Å². The maximum Gasteiger partial charge on any atom is 0.0722 e. The second-order valence-corrected chi connectivity index (χ2v) is 6.54. The molecule has 0 bridgehead atoms. The van der Waals surface area contributed by atoms with E-state index >= 15 is 0 Å². The highest BCUT2D eigenvalue weighted by atomic mass is 15.2. The Balaban J connectivity index is 1.68. The van der Waals surface area contributed by atoms with E-state index in [1.807, 2.05) is 12.3 Å². The van der Waals surface area contributed by atoms with Crippen molar-refractivity contribution in [3.05, 3.63) is 36.5 Å². The van der Waals surface area contributed by atoms with Crippen LogP contribution < -0.4 is 10.2 Å². The van der Waals surface area contributed by atoms with Crippen LogP contribution in [0.25, 0.3) is 10.9 Å². The number of hydrogen-bond acceptors (Lipinski definition) is 3. The van der Waals surface area contributed by atoms with Crippen LogP contribution in [0, 0.1) is 0 Å². The molecule has 0 amide bonds. The van der Waals surface area contributed by atoms with Gasteiger partial charge in [-0.1, -0.05) is 25.3 Å². The number of piperazine rings is 1. The Morgan fingerprint density at radius 3 is 2.86 bits per heavy atom. The molecule has 1 aliphatic heterocycles. The number of fused-ring (bicyclic) bond motifs is 1. The Kier molecular flexibility index (Phi) is 3.30. The van der Waals surface area contributed by atoms with Crippen molar-refractivity contribution in [2.45, 2.75) is 37.6 Å². The number of aromatic nitrogens is 1. The maximum absolute atomic E-state index is 4.50. The number of nitrogens with zero attached hydrogens (tertiary/aromatic N) is 2. The molecule has 3 nitrogen and oxygen atoms in total. The van der Waals surface area contributed by atoms with Gasteiger partial charge in [0, 0.05) is 42.4 Å². The lowest BCUT2D eigenvalue weighted by Crippen LogP contribution is -2.61. The highest BCUT2D eigenvalue weighted by Gasteiger charge is 2.36. The Morgan fingerprint density at radius 2 is 1.95 bits per heavy atom. The van der Waals surface area contributed by atoms with E-state index in [0.717, 1.165) is 25.2 Å². The SMILES string of the molecule is c1cc(N2CCNC3(CCCCC3)C2)c2cccnc2c1. The lowest BCUT2D eigenvalue weighted by molar-refractivity contribution is 0.216. The monoisotopic (exact) mass is 281 g/mol. The van der Waals surface area contributed by atoms with E-state index in [1.54, 1.807) is 0 Å². The fraction of sp³-hybridized carbons (Fsp3) is 0.500. The van der Waals surface area contributed by atoms with Crippen molar-refractivity contribution in [1.82, 2.24) is 10.3 Å². The topological polar surface area (TPSA) is 28.2 Å². The van der Waals surface area contributed by atoms with Crippen molar-refractivity contribution in [1.29, 1.82) is 0 Å². The molecule has 1 spiro atoms. The molecular weight excluding hydrogens is 258 g/mol. The molecule has 2 aliphatic rings. The van der Waals surface area contributed by atoms with Crippen molar-refractivity contribution in [2.24, 2.45) is 0 Å². The molecule has 2 fully saturated rings. The van der Waals surface area contributed by atoms with Gasteiger partial charge in [0.15, 0.2) is 0 Å². The second-order valence-electron chi connectivity index (χ2n) is 6.54. The highest BCUT2D eigenvalue weighted by molar-refractivity contribution is 5.91. The predicted molar refractivity (Wildman–Crippen MR) is 87.8 cm³/mol. The number of hydrogen-bond donors (Lipinski definition) is 1. The molecule has 1 aromatic carbocycles. The molecule has 2 aromatic rings. The molecule has 1 aliphatic carbocycles. The summed E-state index contributed by atoms with van der Waals surface area (Å²) in [5.41, 5.74) is 2.80. The Labute approximate surface area is 126 Å². The molecule has 1 N–H and O–H groups in total.